The lowest BCUT2D eigenvalue weighted by atomic mass is 10.2. The van der Waals surface area contributed by atoms with Crippen LogP contribution in [0, 0.1) is 13.8 Å². The number of carbonyl (C=O) groups excluding carboxylic acids is 1. The summed E-state index contributed by atoms with van der Waals surface area (Å²) in [5.74, 6) is 0. The van der Waals surface area contributed by atoms with Gasteiger partial charge in [0, 0.05) is 17.1 Å². The van der Waals surface area contributed by atoms with E-state index in [0.29, 0.717) is 5.69 Å². The zero-order chi connectivity index (χ0) is 11.5. The maximum atomic E-state index is 10.1. The average molecular weight is 212 g/mol. The van der Waals surface area contributed by atoms with Crippen molar-refractivity contribution in [2.75, 3.05) is 0 Å². The van der Waals surface area contributed by atoms with Gasteiger partial charge in [-0.2, -0.15) is 4.99 Å². The van der Waals surface area contributed by atoms with Gasteiger partial charge in [-0.3, -0.25) is 0 Å². The molecule has 0 amide bonds. The third-order valence-electron chi connectivity index (χ3n) is 2.55. The van der Waals surface area contributed by atoms with E-state index in [1.807, 2.05) is 12.1 Å². The van der Waals surface area contributed by atoms with E-state index < -0.39 is 0 Å². The lowest BCUT2D eigenvalue weighted by Crippen LogP contribution is -1.97. The molecule has 2 aromatic rings. The number of hydrogen-bond acceptors (Lipinski definition) is 2. The lowest BCUT2D eigenvalue weighted by molar-refractivity contribution is 0.565. The summed E-state index contributed by atoms with van der Waals surface area (Å²) in [6.45, 7) is 4.12. The molecule has 0 unspecified atom stereocenters. The fourth-order valence-electron chi connectivity index (χ4n) is 1.80. The Balaban J connectivity index is 2.46. The van der Waals surface area contributed by atoms with Crippen LogP contribution in [0.5, 0.6) is 0 Å². The summed E-state index contributed by atoms with van der Waals surface area (Å²) in [5, 5.41) is 0. The van der Waals surface area contributed by atoms with E-state index >= 15 is 0 Å². The van der Waals surface area contributed by atoms with Gasteiger partial charge in [0.05, 0.1) is 5.69 Å². The van der Waals surface area contributed by atoms with Gasteiger partial charge in [0.25, 0.3) is 0 Å². The molecule has 0 fully saturated rings. The molecule has 0 N–H and O–H groups in total. The number of aliphatic imine (C=N–C) groups is 1. The molecular formula is C13H12N2O. The Hall–Kier alpha value is -2.12. The number of isocyanates is 1. The second kappa shape index (κ2) is 4.17. The first-order valence-corrected chi connectivity index (χ1v) is 5.05. The van der Waals surface area contributed by atoms with Crippen LogP contribution in [0.25, 0.3) is 5.69 Å². The molecule has 0 aliphatic heterocycles. The van der Waals surface area contributed by atoms with Crippen LogP contribution >= 0.6 is 0 Å². The van der Waals surface area contributed by atoms with Crippen molar-refractivity contribution in [1.82, 2.24) is 4.57 Å². The molecule has 0 radical (unpaired) electrons. The first-order chi connectivity index (χ1) is 7.72. The van der Waals surface area contributed by atoms with Gasteiger partial charge in [-0.1, -0.05) is 0 Å². The van der Waals surface area contributed by atoms with E-state index in [2.05, 4.69) is 35.5 Å². The molecule has 0 spiro atoms. The van der Waals surface area contributed by atoms with Crippen LogP contribution < -0.4 is 0 Å². The predicted molar refractivity (Wildman–Crippen MR) is 63.0 cm³/mol. The first kappa shape index (κ1) is 10.4. The first-order valence-electron chi connectivity index (χ1n) is 5.05. The Morgan fingerprint density at radius 2 is 1.56 bits per heavy atom. The molecule has 2 rings (SSSR count). The zero-order valence-electron chi connectivity index (χ0n) is 9.27. The van der Waals surface area contributed by atoms with E-state index in [4.69, 9.17) is 0 Å². The van der Waals surface area contributed by atoms with Gasteiger partial charge in [0.15, 0.2) is 0 Å². The molecule has 1 aromatic heterocycles. The lowest BCUT2D eigenvalue weighted by Gasteiger charge is -2.08. The fraction of sp³-hybridized carbons (Fsp3) is 0.154. The molecule has 1 aromatic carbocycles. The van der Waals surface area contributed by atoms with E-state index in [0.717, 1.165) is 5.69 Å². The Kier molecular flexibility index (Phi) is 2.71. The van der Waals surface area contributed by atoms with Crippen molar-refractivity contribution in [3.05, 3.63) is 47.8 Å². The number of rotatable bonds is 2. The number of hydrogen-bond donors (Lipinski definition) is 0. The Morgan fingerprint density at radius 3 is 2.06 bits per heavy atom. The standard InChI is InChI=1S/C13H12N2O/c1-10-3-4-11(2)15(10)13-7-5-12(6-8-13)14-9-16/h3-8H,1-2H3. The number of aromatic nitrogens is 1. The predicted octanol–water partition coefficient (Wildman–Crippen LogP) is 3.06. The normalized spacial score (nSPS) is 9.88. The quantitative estimate of drug-likeness (QED) is 0.556. The average Bonchev–Trinajstić information content (AvgIpc) is 2.61. The molecule has 1 heterocycles. The summed E-state index contributed by atoms with van der Waals surface area (Å²) in [5.41, 5.74) is 4.07. The summed E-state index contributed by atoms with van der Waals surface area (Å²) in [4.78, 5) is 13.7. The number of benzene rings is 1. The van der Waals surface area contributed by atoms with Gasteiger partial charge in [0.2, 0.25) is 6.08 Å². The van der Waals surface area contributed by atoms with Crippen LogP contribution in [-0.2, 0) is 4.79 Å². The zero-order valence-corrected chi connectivity index (χ0v) is 9.27. The van der Waals surface area contributed by atoms with Crippen molar-refractivity contribution in [3.8, 4) is 5.69 Å². The SMILES string of the molecule is Cc1ccc(C)n1-c1ccc(N=C=O)cc1. The van der Waals surface area contributed by atoms with Gasteiger partial charge in [-0.15, -0.1) is 0 Å². The van der Waals surface area contributed by atoms with Crippen molar-refractivity contribution >= 4 is 11.8 Å². The largest absolute Gasteiger partial charge is 0.319 e. The third kappa shape index (κ3) is 1.81. The molecule has 0 aliphatic rings. The minimum atomic E-state index is 0.626. The van der Waals surface area contributed by atoms with Crippen molar-refractivity contribution in [2.45, 2.75) is 13.8 Å². The van der Waals surface area contributed by atoms with E-state index in [1.54, 1.807) is 12.1 Å². The maximum absolute atomic E-state index is 10.1. The Morgan fingerprint density at radius 1 is 1.00 bits per heavy atom. The summed E-state index contributed by atoms with van der Waals surface area (Å²) in [6, 6.07) is 11.6. The number of nitrogens with zero attached hydrogens (tertiary/aromatic N) is 2. The van der Waals surface area contributed by atoms with E-state index in [9.17, 15) is 4.79 Å². The third-order valence-corrected chi connectivity index (χ3v) is 2.55. The summed E-state index contributed by atoms with van der Waals surface area (Å²) >= 11 is 0. The van der Waals surface area contributed by atoms with Crippen LogP contribution in [0.3, 0.4) is 0 Å². The van der Waals surface area contributed by atoms with E-state index in [-0.39, 0.29) is 0 Å². The van der Waals surface area contributed by atoms with Gasteiger partial charge < -0.3 is 4.57 Å². The van der Waals surface area contributed by atoms with Crippen molar-refractivity contribution in [2.24, 2.45) is 4.99 Å². The Labute approximate surface area is 94.1 Å². The van der Waals surface area contributed by atoms with Crippen LogP contribution in [0.4, 0.5) is 5.69 Å². The maximum Gasteiger partial charge on any atom is 0.240 e. The summed E-state index contributed by atoms with van der Waals surface area (Å²) in [6.07, 6.45) is 1.53. The molecule has 0 aliphatic carbocycles. The molecule has 0 bridgehead atoms. The molecule has 0 saturated carbocycles. The smallest absolute Gasteiger partial charge is 0.240 e. The highest BCUT2D eigenvalue weighted by molar-refractivity contribution is 5.52. The second-order valence-electron chi connectivity index (χ2n) is 3.67. The van der Waals surface area contributed by atoms with Crippen LogP contribution in [0.2, 0.25) is 0 Å². The van der Waals surface area contributed by atoms with Crippen molar-refractivity contribution < 1.29 is 4.79 Å². The molecule has 3 heteroatoms. The topological polar surface area (TPSA) is 34.4 Å². The van der Waals surface area contributed by atoms with Crippen LogP contribution in [0.1, 0.15) is 11.4 Å². The summed E-state index contributed by atoms with van der Waals surface area (Å²) < 4.78 is 2.15. The highest BCUT2D eigenvalue weighted by Gasteiger charge is 2.02. The van der Waals surface area contributed by atoms with Gasteiger partial charge in [0.1, 0.15) is 0 Å². The molecule has 3 nitrogen and oxygen atoms in total. The summed E-state index contributed by atoms with van der Waals surface area (Å²) in [7, 11) is 0. The second-order valence-corrected chi connectivity index (χ2v) is 3.67. The van der Waals surface area contributed by atoms with Gasteiger partial charge >= 0.3 is 0 Å². The highest BCUT2D eigenvalue weighted by atomic mass is 16.1. The minimum absolute atomic E-state index is 0.626. The molecule has 0 saturated heterocycles. The van der Waals surface area contributed by atoms with Crippen molar-refractivity contribution in [3.63, 3.8) is 0 Å². The minimum Gasteiger partial charge on any atom is -0.319 e. The Bertz CT molecular complexity index is 526. The van der Waals surface area contributed by atoms with E-state index in [1.165, 1.54) is 17.5 Å². The van der Waals surface area contributed by atoms with Gasteiger partial charge in [-0.25, -0.2) is 4.79 Å². The van der Waals surface area contributed by atoms with Gasteiger partial charge in [-0.05, 0) is 50.2 Å². The van der Waals surface area contributed by atoms with Crippen molar-refractivity contribution in [1.29, 1.82) is 0 Å². The molecule has 0 atom stereocenters. The number of aryl methyl sites for hydroxylation is 2. The molecule has 16 heavy (non-hydrogen) atoms. The van der Waals surface area contributed by atoms with Crippen LogP contribution in [-0.4, -0.2) is 10.6 Å². The molecule has 80 valence electrons. The highest BCUT2D eigenvalue weighted by Crippen LogP contribution is 2.19. The van der Waals surface area contributed by atoms with Crippen LogP contribution in [0.15, 0.2) is 41.4 Å². The molecular weight excluding hydrogens is 200 g/mol. The fourth-order valence-corrected chi connectivity index (χ4v) is 1.80. The monoisotopic (exact) mass is 212 g/mol.